The van der Waals surface area contributed by atoms with Crippen molar-refractivity contribution in [3.63, 3.8) is 0 Å². The van der Waals surface area contributed by atoms with E-state index in [2.05, 4.69) is 182 Å². The van der Waals surface area contributed by atoms with Crippen LogP contribution in [0.15, 0.2) is 182 Å². The van der Waals surface area contributed by atoms with Crippen LogP contribution in [-0.4, -0.2) is 0 Å². The first-order valence-electron chi connectivity index (χ1n) is 16.7. The standard InChI is InChI=1S/C48H30/c1-3-13-43-40(7-1)30-41-8-2-4-14-44(41)47(43)36-21-17-32(18-22-36)39-12-6-11-38(29-39)31-15-19-33(20-16-31)42-27-25-37-24-23-34-9-5-10-35-26-28-45(42)48(37)46(34)35/h1-30H. The van der Waals surface area contributed by atoms with Crippen LogP contribution in [-0.2, 0) is 0 Å². The molecular formula is C48H30. The van der Waals surface area contributed by atoms with Crippen LogP contribution < -0.4 is 0 Å². The fourth-order valence-electron chi connectivity index (χ4n) is 7.86. The van der Waals surface area contributed by atoms with E-state index in [9.17, 15) is 0 Å². The zero-order valence-corrected chi connectivity index (χ0v) is 26.3. The van der Waals surface area contributed by atoms with E-state index in [-0.39, 0.29) is 0 Å². The summed E-state index contributed by atoms with van der Waals surface area (Å²) in [7, 11) is 0. The van der Waals surface area contributed by atoms with Gasteiger partial charge >= 0.3 is 0 Å². The summed E-state index contributed by atoms with van der Waals surface area (Å²) in [5.41, 5.74) is 9.94. The lowest BCUT2D eigenvalue weighted by atomic mass is 9.89. The summed E-state index contributed by atoms with van der Waals surface area (Å²) in [5.74, 6) is 0. The molecule has 0 aliphatic heterocycles. The van der Waals surface area contributed by atoms with E-state index in [1.807, 2.05) is 0 Å². The summed E-state index contributed by atoms with van der Waals surface area (Å²) >= 11 is 0. The lowest BCUT2D eigenvalue weighted by Gasteiger charge is -2.14. The van der Waals surface area contributed by atoms with Crippen molar-refractivity contribution in [2.75, 3.05) is 0 Å². The number of hydrogen-bond acceptors (Lipinski definition) is 0. The summed E-state index contributed by atoms with van der Waals surface area (Å²) < 4.78 is 0. The first kappa shape index (κ1) is 26.9. The Labute approximate surface area is 279 Å². The van der Waals surface area contributed by atoms with E-state index in [0.29, 0.717) is 0 Å². The summed E-state index contributed by atoms with van der Waals surface area (Å²) in [5, 5.41) is 13.1. The van der Waals surface area contributed by atoms with Gasteiger partial charge < -0.3 is 0 Å². The molecule has 0 bridgehead atoms. The fraction of sp³-hybridized carbons (Fsp3) is 0. The predicted octanol–water partition coefficient (Wildman–Crippen LogP) is 13.6. The predicted molar refractivity (Wildman–Crippen MR) is 207 cm³/mol. The Morgan fingerprint density at radius 1 is 0.229 bits per heavy atom. The van der Waals surface area contributed by atoms with Crippen LogP contribution in [0.1, 0.15) is 0 Å². The van der Waals surface area contributed by atoms with Crippen LogP contribution in [0.5, 0.6) is 0 Å². The van der Waals surface area contributed by atoms with Crippen LogP contribution in [0.2, 0.25) is 0 Å². The average molecular weight is 607 g/mol. The Morgan fingerprint density at radius 3 is 1.35 bits per heavy atom. The van der Waals surface area contributed by atoms with Crippen LogP contribution in [0.4, 0.5) is 0 Å². The molecule has 10 aromatic carbocycles. The molecular weight excluding hydrogens is 577 g/mol. The maximum Gasteiger partial charge on any atom is -0.00206 e. The Hall–Kier alpha value is -6.24. The third-order valence-electron chi connectivity index (χ3n) is 10.2. The molecule has 0 fully saturated rings. The third-order valence-corrected chi connectivity index (χ3v) is 10.2. The molecule has 0 aliphatic carbocycles. The van der Waals surface area contributed by atoms with Crippen LogP contribution >= 0.6 is 0 Å². The van der Waals surface area contributed by atoms with Crippen LogP contribution in [0, 0.1) is 0 Å². The van der Waals surface area contributed by atoms with Crippen molar-refractivity contribution in [1.29, 1.82) is 0 Å². The third kappa shape index (κ3) is 4.24. The maximum atomic E-state index is 2.31. The zero-order valence-electron chi connectivity index (χ0n) is 26.3. The summed E-state index contributed by atoms with van der Waals surface area (Å²) in [6.07, 6.45) is 0. The Bertz CT molecular complexity index is 2730. The molecule has 0 spiro atoms. The van der Waals surface area contributed by atoms with E-state index in [1.165, 1.54) is 98.4 Å². The molecule has 0 aromatic heterocycles. The molecule has 0 heteroatoms. The van der Waals surface area contributed by atoms with E-state index < -0.39 is 0 Å². The van der Waals surface area contributed by atoms with Gasteiger partial charge in [-0.15, -0.1) is 0 Å². The average Bonchev–Trinajstić information content (AvgIpc) is 3.16. The summed E-state index contributed by atoms with van der Waals surface area (Å²) in [6.45, 7) is 0. The highest BCUT2D eigenvalue weighted by molar-refractivity contribution is 6.25. The second-order valence-corrected chi connectivity index (χ2v) is 12.9. The summed E-state index contributed by atoms with van der Waals surface area (Å²) in [4.78, 5) is 0. The number of rotatable bonds is 4. The van der Waals surface area contributed by atoms with Gasteiger partial charge in [-0.05, 0) is 111 Å². The van der Waals surface area contributed by atoms with Gasteiger partial charge in [0.05, 0.1) is 0 Å². The lowest BCUT2D eigenvalue weighted by Crippen LogP contribution is -1.88. The largest absolute Gasteiger partial charge is 0.0616 e. The van der Waals surface area contributed by atoms with Crippen LogP contribution in [0.25, 0.3) is 98.4 Å². The first-order valence-corrected chi connectivity index (χ1v) is 16.7. The van der Waals surface area contributed by atoms with Gasteiger partial charge in [0.25, 0.3) is 0 Å². The highest BCUT2D eigenvalue weighted by atomic mass is 14.2. The van der Waals surface area contributed by atoms with Gasteiger partial charge in [0.1, 0.15) is 0 Å². The Morgan fingerprint density at radius 2 is 0.708 bits per heavy atom. The zero-order chi connectivity index (χ0) is 31.6. The molecule has 0 saturated heterocycles. The molecule has 10 rings (SSSR count). The fourth-order valence-corrected chi connectivity index (χ4v) is 7.86. The molecule has 0 aliphatic rings. The molecule has 222 valence electrons. The molecule has 0 unspecified atom stereocenters. The normalized spacial score (nSPS) is 11.8. The molecule has 0 heterocycles. The lowest BCUT2D eigenvalue weighted by molar-refractivity contribution is 1.58. The highest BCUT2D eigenvalue weighted by Crippen LogP contribution is 2.40. The van der Waals surface area contributed by atoms with Crippen LogP contribution in [0.3, 0.4) is 0 Å². The van der Waals surface area contributed by atoms with Gasteiger partial charge in [0.2, 0.25) is 0 Å². The van der Waals surface area contributed by atoms with Crippen molar-refractivity contribution in [1.82, 2.24) is 0 Å². The van der Waals surface area contributed by atoms with Crippen molar-refractivity contribution in [3.8, 4) is 44.5 Å². The molecule has 0 nitrogen and oxygen atoms in total. The quantitative estimate of drug-likeness (QED) is 0.138. The minimum Gasteiger partial charge on any atom is -0.0616 e. The molecule has 0 atom stereocenters. The summed E-state index contributed by atoms with van der Waals surface area (Å²) in [6, 6.07) is 67.0. The van der Waals surface area contributed by atoms with Gasteiger partial charge in [0, 0.05) is 0 Å². The van der Waals surface area contributed by atoms with Gasteiger partial charge in [-0.25, -0.2) is 0 Å². The first-order chi connectivity index (χ1) is 23.8. The number of benzene rings is 10. The van der Waals surface area contributed by atoms with Gasteiger partial charge in [-0.3, -0.25) is 0 Å². The Kier molecular flexibility index (Phi) is 5.98. The molecule has 0 saturated carbocycles. The van der Waals surface area contributed by atoms with E-state index in [1.54, 1.807) is 0 Å². The minimum absolute atomic E-state index is 1.22. The van der Waals surface area contributed by atoms with Crippen molar-refractivity contribution in [2.24, 2.45) is 0 Å². The minimum atomic E-state index is 1.22. The van der Waals surface area contributed by atoms with Gasteiger partial charge in [0.15, 0.2) is 0 Å². The van der Waals surface area contributed by atoms with Crippen molar-refractivity contribution >= 4 is 53.9 Å². The van der Waals surface area contributed by atoms with Crippen molar-refractivity contribution in [3.05, 3.63) is 182 Å². The number of fused-ring (bicyclic) bond motifs is 2. The smallest absolute Gasteiger partial charge is 0.00206 e. The number of hydrogen-bond donors (Lipinski definition) is 0. The molecule has 0 amide bonds. The van der Waals surface area contributed by atoms with E-state index >= 15 is 0 Å². The van der Waals surface area contributed by atoms with E-state index in [0.717, 1.165) is 0 Å². The SMILES string of the molecule is c1cc(-c2ccc(-c3c4ccccc4cc4ccccc34)cc2)cc(-c2ccc(-c3ccc4ccc5cccc6ccc3c4c56)cc2)c1. The monoisotopic (exact) mass is 606 g/mol. The van der Waals surface area contributed by atoms with E-state index in [4.69, 9.17) is 0 Å². The van der Waals surface area contributed by atoms with Gasteiger partial charge in [-0.1, -0.05) is 170 Å². The molecule has 10 aromatic rings. The maximum absolute atomic E-state index is 2.31. The second-order valence-electron chi connectivity index (χ2n) is 12.9. The molecule has 0 N–H and O–H groups in total. The molecule has 48 heavy (non-hydrogen) atoms. The van der Waals surface area contributed by atoms with Crippen molar-refractivity contribution < 1.29 is 0 Å². The van der Waals surface area contributed by atoms with Gasteiger partial charge in [-0.2, -0.15) is 0 Å². The second kappa shape index (κ2) is 10.7. The van der Waals surface area contributed by atoms with Crippen molar-refractivity contribution in [2.45, 2.75) is 0 Å². The Balaban J connectivity index is 0.995. The topological polar surface area (TPSA) is 0 Å². The molecule has 0 radical (unpaired) electrons. The highest BCUT2D eigenvalue weighted by Gasteiger charge is 2.13.